The van der Waals surface area contributed by atoms with Gasteiger partial charge >= 0.3 is 6.18 Å². The molecule has 4 aromatic heterocycles. The molecule has 9 nitrogen and oxygen atoms in total. The van der Waals surface area contributed by atoms with Gasteiger partial charge in [-0.3, -0.25) is 0 Å². The van der Waals surface area contributed by atoms with Crippen molar-refractivity contribution in [3.05, 3.63) is 77.7 Å². The van der Waals surface area contributed by atoms with Crippen LogP contribution in [0.2, 0.25) is 0 Å². The molecule has 0 fully saturated rings. The third kappa shape index (κ3) is 3.68. The maximum atomic E-state index is 14.2. The van der Waals surface area contributed by atoms with E-state index < -0.39 is 23.7 Å². The van der Waals surface area contributed by atoms with Crippen molar-refractivity contribution in [1.82, 2.24) is 29.7 Å². The van der Waals surface area contributed by atoms with Crippen LogP contribution >= 0.6 is 0 Å². The average Bonchev–Trinajstić information content (AvgIpc) is 3.47. The van der Waals surface area contributed by atoms with E-state index in [1.165, 1.54) is 23.0 Å². The van der Waals surface area contributed by atoms with Crippen LogP contribution in [0.15, 0.2) is 53.6 Å². The summed E-state index contributed by atoms with van der Waals surface area (Å²) >= 11 is 0. The number of nitrogens with two attached hydrogens (primary N) is 1. The largest absolute Gasteiger partial charge is 0.451 e. The standard InChI is InChI=1S/C23H14F4N8O/c1-11(17-6-16(34-36-17)13-4-2-3-5-15(13)24)19-14(7-28)18(20-21(29)32-10-33-35(19)20)12-8-30-22(31-9-12)23(25,26)27/h2-6,8-11H,1H3,(H2,29,32,33). The van der Waals surface area contributed by atoms with E-state index in [2.05, 4.69) is 31.3 Å². The van der Waals surface area contributed by atoms with E-state index in [-0.39, 0.29) is 45.0 Å². The van der Waals surface area contributed by atoms with Gasteiger partial charge in [0, 0.05) is 35.2 Å². The summed E-state index contributed by atoms with van der Waals surface area (Å²) < 4.78 is 60.0. The Labute approximate surface area is 199 Å². The molecule has 4 heterocycles. The molecule has 0 saturated heterocycles. The summed E-state index contributed by atoms with van der Waals surface area (Å²) in [6, 6.07) is 9.66. The quantitative estimate of drug-likeness (QED) is 0.359. The van der Waals surface area contributed by atoms with Crippen LogP contribution in [0.1, 0.15) is 35.7 Å². The fraction of sp³-hybridized carbons (Fsp3) is 0.130. The van der Waals surface area contributed by atoms with Crippen LogP contribution in [0, 0.1) is 17.1 Å². The van der Waals surface area contributed by atoms with Gasteiger partial charge in [0.25, 0.3) is 0 Å². The van der Waals surface area contributed by atoms with E-state index in [1.54, 1.807) is 25.1 Å². The Morgan fingerprint density at radius 1 is 1.14 bits per heavy atom. The summed E-state index contributed by atoms with van der Waals surface area (Å²) in [6.45, 7) is 1.71. The first-order chi connectivity index (χ1) is 17.2. The first-order valence-corrected chi connectivity index (χ1v) is 10.4. The Balaban J connectivity index is 1.68. The van der Waals surface area contributed by atoms with Gasteiger partial charge in [-0.25, -0.2) is 23.9 Å². The van der Waals surface area contributed by atoms with Gasteiger partial charge in [-0.15, -0.1) is 0 Å². The zero-order chi connectivity index (χ0) is 25.6. The third-order valence-corrected chi connectivity index (χ3v) is 5.61. The average molecular weight is 494 g/mol. The molecule has 1 aromatic carbocycles. The molecule has 0 aliphatic carbocycles. The first kappa shape index (κ1) is 22.9. The van der Waals surface area contributed by atoms with E-state index in [4.69, 9.17) is 10.3 Å². The predicted octanol–water partition coefficient (Wildman–Crippen LogP) is 4.60. The number of halogens is 4. The van der Waals surface area contributed by atoms with Crippen molar-refractivity contribution in [2.24, 2.45) is 0 Å². The molecule has 0 saturated carbocycles. The molecule has 1 atom stereocenters. The van der Waals surface area contributed by atoms with Gasteiger partial charge in [-0.1, -0.05) is 17.3 Å². The second-order valence-electron chi connectivity index (χ2n) is 7.76. The van der Waals surface area contributed by atoms with E-state index in [0.717, 1.165) is 12.4 Å². The Morgan fingerprint density at radius 3 is 2.53 bits per heavy atom. The van der Waals surface area contributed by atoms with Gasteiger partial charge in [0.15, 0.2) is 5.82 Å². The lowest BCUT2D eigenvalue weighted by Gasteiger charge is -2.08. The predicted molar refractivity (Wildman–Crippen MR) is 118 cm³/mol. The fourth-order valence-electron chi connectivity index (χ4n) is 3.96. The van der Waals surface area contributed by atoms with Crippen LogP contribution in [0.25, 0.3) is 27.9 Å². The number of alkyl halides is 3. The lowest BCUT2D eigenvalue weighted by molar-refractivity contribution is -0.144. The van der Waals surface area contributed by atoms with Crippen LogP contribution in [0.3, 0.4) is 0 Å². The fourth-order valence-corrected chi connectivity index (χ4v) is 3.96. The maximum absolute atomic E-state index is 14.2. The van der Waals surface area contributed by atoms with E-state index in [0.29, 0.717) is 5.69 Å². The second kappa shape index (κ2) is 8.42. The molecule has 36 heavy (non-hydrogen) atoms. The SMILES string of the molecule is CC(c1cc(-c2ccccc2F)no1)c1c(C#N)c(-c2cnc(C(F)(F)F)nc2)c2c(N)ncnn12. The molecule has 0 radical (unpaired) electrons. The van der Waals surface area contributed by atoms with Gasteiger partial charge in [0.1, 0.15) is 35.2 Å². The van der Waals surface area contributed by atoms with Crippen LogP contribution in [-0.4, -0.2) is 29.7 Å². The summed E-state index contributed by atoms with van der Waals surface area (Å²) in [5, 5.41) is 18.2. The van der Waals surface area contributed by atoms with Crippen molar-refractivity contribution >= 4 is 11.3 Å². The summed E-state index contributed by atoms with van der Waals surface area (Å²) in [7, 11) is 0. The number of fused-ring (bicyclic) bond motifs is 1. The number of aromatic nitrogens is 6. The first-order valence-electron chi connectivity index (χ1n) is 10.4. The lowest BCUT2D eigenvalue weighted by Crippen LogP contribution is -2.10. The number of nitrogens with zero attached hydrogens (tertiary/aromatic N) is 7. The van der Waals surface area contributed by atoms with Gasteiger partial charge in [0.2, 0.25) is 5.82 Å². The molecule has 0 amide bonds. The molecule has 5 aromatic rings. The number of benzene rings is 1. The molecular weight excluding hydrogens is 480 g/mol. The number of nitrogen functional groups attached to an aromatic ring is 1. The minimum atomic E-state index is -4.73. The summed E-state index contributed by atoms with van der Waals surface area (Å²) in [6.07, 6.45) is -1.64. The normalized spacial score (nSPS) is 12.6. The number of hydrogen-bond donors (Lipinski definition) is 1. The van der Waals surface area contributed by atoms with Gasteiger partial charge in [-0.05, 0) is 19.1 Å². The van der Waals surface area contributed by atoms with Crippen LogP contribution in [0.4, 0.5) is 23.4 Å². The van der Waals surface area contributed by atoms with Crippen LogP contribution in [0.5, 0.6) is 0 Å². The van der Waals surface area contributed by atoms with Crippen molar-refractivity contribution in [2.45, 2.75) is 19.0 Å². The topological polar surface area (TPSA) is 132 Å². The highest BCUT2D eigenvalue weighted by Gasteiger charge is 2.35. The summed E-state index contributed by atoms with van der Waals surface area (Å²) in [5.41, 5.74) is 7.40. The maximum Gasteiger partial charge on any atom is 0.451 e. The minimum Gasteiger partial charge on any atom is -0.382 e. The van der Waals surface area contributed by atoms with E-state index in [9.17, 15) is 22.8 Å². The third-order valence-electron chi connectivity index (χ3n) is 5.61. The molecule has 0 aliphatic rings. The molecule has 13 heteroatoms. The number of nitriles is 1. The van der Waals surface area contributed by atoms with Crippen molar-refractivity contribution in [3.8, 4) is 28.5 Å². The molecule has 2 N–H and O–H groups in total. The number of anilines is 1. The molecule has 1 unspecified atom stereocenters. The van der Waals surface area contributed by atoms with Crippen LogP contribution < -0.4 is 5.73 Å². The highest BCUT2D eigenvalue weighted by Crippen LogP contribution is 2.40. The number of rotatable bonds is 4. The Bertz CT molecular complexity index is 1630. The van der Waals surface area contributed by atoms with E-state index >= 15 is 0 Å². The van der Waals surface area contributed by atoms with Crippen molar-refractivity contribution in [3.63, 3.8) is 0 Å². The molecular formula is C23H14F4N8O. The van der Waals surface area contributed by atoms with Crippen molar-refractivity contribution in [1.29, 1.82) is 5.26 Å². The van der Waals surface area contributed by atoms with Gasteiger partial charge in [-0.2, -0.15) is 23.5 Å². The smallest absolute Gasteiger partial charge is 0.382 e. The Morgan fingerprint density at radius 2 is 1.86 bits per heavy atom. The highest BCUT2D eigenvalue weighted by molar-refractivity contribution is 5.92. The highest BCUT2D eigenvalue weighted by atomic mass is 19.4. The number of hydrogen-bond acceptors (Lipinski definition) is 8. The molecule has 0 bridgehead atoms. The molecule has 5 rings (SSSR count). The molecule has 0 spiro atoms. The van der Waals surface area contributed by atoms with Gasteiger partial charge in [0.05, 0.1) is 17.2 Å². The molecule has 180 valence electrons. The molecule has 0 aliphatic heterocycles. The Hall–Kier alpha value is -4.86. The Kier molecular flexibility index (Phi) is 5.36. The van der Waals surface area contributed by atoms with Gasteiger partial charge < -0.3 is 10.3 Å². The summed E-state index contributed by atoms with van der Waals surface area (Å²) in [4.78, 5) is 10.8. The van der Waals surface area contributed by atoms with E-state index in [1.807, 2.05) is 0 Å². The monoisotopic (exact) mass is 494 g/mol. The summed E-state index contributed by atoms with van der Waals surface area (Å²) in [5.74, 6) is -2.19. The zero-order valence-corrected chi connectivity index (χ0v) is 18.3. The lowest BCUT2D eigenvalue weighted by atomic mass is 9.97. The van der Waals surface area contributed by atoms with Crippen molar-refractivity contribution < 1.29 is 22.1 Å². The zero-order valence-electron chi connectivity index (χ0n) is 18.3. The minimum absolute atomic E-state index is 0.0144. The van der Waals surface area contributed by atoms with Crippen molar-refractivity contribution in [2.75, 3.05) is 5.73 Å². The van der Waals surface area contributed by atoms with Crippen LogP contribution in [-0.2, 0) is 6.18 Å². The second-order valence-corrected chi connectivity index (χ2v) is 7.76.